The summed E-state index contributed by atoms with van der Waals surface area (Å²) >= 11 is 0. The fraction of sp³-hybridized carbons (Fsp3) is 0.385. The number of carbonyl (C=O) groups is 1. The van der Waals surface area contributed by atoms with E-state index >= 15 is 0 Å². The van der Waals surface area contributed by atoms with Crippen LogP contribution in [0.4, 0.5) is 5.69 Å². The third-order valence-corrected chi connectivity index (χ3v) is 3.23. The Hall–Kier alpha value is -2.06. The van der Waals surface area contributed by atoms with Gasteiger partial charge in [0.25, 0.3) is 0 Å². The Labute approximate surface area is 105 Å². The molecule has 18 heavy (non-hydrogen) atoms. The first-order valence-corrected chi connectivity index (χ1v) is 5.71. The van der Waals surface area contributed by atoms with Gasteiger partial charge in [-0.05, 0) is 30.7 Å². The SMILES string of the molecule is Cc1cc(N2CC(O)CC2C(=O)O)ccc1C#N. The molecule has 1 fully saturated rings. The Morgan fingerprint density at radius 2 is 2.28 bits per heavy atom. The number of hydrogen-bond acceptors (Lipinski definition) is 4. The number of β-amino-alcohol motifs (C(OH)–C–C–N with tert-alkyl or cyclic N) is 1. The summed E-state index contributed by atoms with van der Waals surface area (Å²) < 4.78 is 0. The normalized spacial score (nSPS) is 22.8. The number of hydrogen-bond donors (Lipinski definition) is 2. The van der Waals surface area contributed by atoms with Crippen molar-refractivity contribution in [1.82, 2.24) is 0 Å². The highest BCUT2D eigenvalue weighted by Gasteiger charge is 2.36. The lowest BCUT2D eigenvalue weighted by atomic mass is 10.1. The molecule has 0 spiro atoms. The summed E-state index contributed by atoms with van der Waals surface area (Å²) in [5.74, 6) is -0.937. The van der Waals surface area contributed by atoms with Gasteiger partial charge in [0.15, 0.2) is 0 Å². The molecule has 2 rings (SSSR count). The first kappa shape index (κ1) is 12.4. The topological polar surface area (TPSA) is 84.6 Å². The van der Waals surface area contributed by atoms with E-state index in [1.807, 2.05) is 6.92 Å². The van der Waals surface area contributed by atoms with Crippen molar-refractivity contribution in [2.24, 2.45) is 0 Å². The predicted molar refractivity (Wildman–Crippen MR) is 65.3 cm³/mol. The van der Waals surface area contributed by atoms with E-state index in [2.05, 4.69) is 6.07 Å². The van der Waals surface area contributed by atoms with E-state index in [1.54, 1.807) is 23.1 Å². The standard InChI is InChI=1S/C13H14N2O3/c1-8-4-10(3-2-9(8)6-14)15-7-11(16)5-12(15)13(17)18/h2-4,11-12,16H,5,7H2,1H3,(H,17,18). The van der Waals surface area contributed by atoms with Crippen LogP contribution in [0.1, 0.15) is 17.5 Å². The molecule has 1 saturated heterocycles. The Balaban J connectivity index is 2.33. The zero-order valence-corrected chi connectivity index (χ0v) is 10.00. The molecule has 1 aliphatic rings. The molecule has 0 saturated carbocycles. The second-order valence-electron chi connectivity index (χ2n) is 4.51. The Morgan fingerprint density at radius 1 is 1.56 bits per heavy atom. The van der Waals surface area contributed by atoms with Crippen molar-refractivity contribution < 1.29 is 15.0 Å². The van der Waals surface area contributed by atoms with Crippen molar-refractivity contribution in [2.75, 3.05) is 11.4 Å². The van der Waals surface area contributed by atoms with Crippen molar-refractivity contribution in [3.8, 4) is 6.07 Å². The zero-order chi connectivity index (χ0) is 13.3. The minimum Gasteiger partial charge on any atom is -0.480 e. The highest BCUT2D eigenvalue weighted by molar-refractivity contribution is 5.79. The van der Waals surface area contributed by atoms with Gasteiger partial charge in [-0.3, -0.25) is 0 Å². The highest BCUT2D eigenvalue weighted by Crippen LogP contribution is 2.27. The van der Waals surface area contributed by atoms with Gasteiger partial charge in [0.05, 0.1) is 17.7 Å². The van der Waals surface area contributed by atoms with Crippen LogP contribution in [0, 0.1) is 18.3 Å². The number of aliphatic hydroxyl groups excluding tert-OH is 1. The Morgan fingerprint density at radius 3 is 2.83 bits per heavy atom. The summed E-state index contributed by atoms with van der Waals surface area (Å²) in [5, 5.41) is 27.6. The third kappa shape index (κ3) is 2.15. The molecule has 0 radical (unpaired) electrons. The Kier molecular flexibility index (Phi) is 3.21. The molecule has 94 valence electrons. The number of rotatable bonds is 2. The van der Waals surface area contributed by atoms with Crippen LogP contribution in [0.15, 0.2) is 18.2 Å². The number of anilines is 1. The maximum atomic E-state index is 11.1. The second-order valence-corrected chi connectivity index (χ2v) is 4.51. The Bertz CT molecular complexity index is 521. The number of nitrogens with zero attached hydrogens (tertiary/aromatic N) is 2. The minimum atomic E-state index is -0.937. The molecule has 2 atom stereocenters. The molecule has 1 aliphatic heterocycles. The summed E-state index contributed by atoms with van der Waals surface area (Å²) in [6.07, 6.45) is -0.393. The van der Waals surface area contributed by atoms with Crippen molar-refractivity contribution in [1.29, 1.82) is 5.26 Å². The molecule has 0 amide bonds. The highest BCUT2D eigenvalue weighted by atomic mass is 16.4. The molecule has 2 unspecified atom stereocenters. The van der Waals surface area contributed by atoms with Crippen LogP contribution in [-0.4, -0.2) is 34.9 Å². The van der Waals surface area contributed by atoms with Gasteiger partial charge in [0.2, 0.25) is 0 Å². The van der Waals surface area contributed by atoms with E-state index < -0.39 is 18.1 Å². The quantitative estimate of drug-likeness (QED) is 0.809. The van der Waals surface area contributed by atoms with Crippen LogP contribution in [0.2, 0.25) is 0 Å². The average molecular weight is 246 g/mol. The van der Waals surface area contributed by atoms with Crippen LogP contribution < -0.4 is 4.90 Å². The summed E-state index contributed by atoms with van der Waals surface area (Å²) in [6.45, 7) is 2.12. The van der Waals surface area contributed by atoms with Crippen molar-refractivity contribution in [3.63, 3.8) is 0 Å². The lowest BCUT2D eigenvalue weighted by Gasteiger charge is -2.23. The fourth-order valence-corrected chi connectivity index (χ4v) is 2.29. The molecular weight excluding hydrogens is 232 g/mol. The lowest BCUT2D eigenvalue weighted by molar-refractivity contribution is -0.138. The average Bonchev–Trinajstić information content (AvgIpc) is 2.71. The van der Waals surface area contributed by atoms with Crippen LogP contribution in [-0.2, 0) is 4.79 Å². The molecule has 1 heterocycles. The molecule has 5 heteroatoms. The molecule has 1 aromatic carbocycles. The molecule has 2 N–H and O–H groups in total. The summed E-state index contributed by atoms with van der Waals surface area (Å²) in [5.41, 5.74) is 2.11. The van der Waals surface area contributed by atoms with Crippen LogP contribution in [0.3, 0.4) is 0 Å². The molecule has 1 aromatic rings. The van der Waals surface area contributed by atoms with Crippen LogP contribution >= 0.6 is 0 Å². The third-order valence-electron chi connectivity index (χ3n) is 3.23. The number of nitriles is 1. The summed E-state index contributed by atoms with van der Waals surface area (Å²) in [4.78, 5) is 12.8. The van der Waals surface area contributed by atoms with Gasteiger partial charge in [-0.2, -0.15) is 5.26 Å². The first-order chi connectivity index (χ1) is 8.52. The van der Waals surface area contributed by atoms with Crippen molar-refractivity contribution >= 4 is 11.7 Å². The smallest absolute Gasteiger partial charge is 0.326 e. The van der Waals surface area contributed by atoms with E-state index in [0.717, 1.165) is 11.3 Å². The minimum absolute atomic E-state index is 0.231. The molecular formula is C13H14N2O3. The monoisotopic (exact) mass is 246 g/mol. The van der Waals surface area contributed by atoms with Gasteiger partial charge in [0, 0.05) is 18.7 Å². The van der Waals surface area contributed by atoms with E-state index in [-0.39, 0.29) is 6.42 Å². The molecule has 0 bridgehead atoms. The van der Waals surface area contributed by atoms with Crippen molar-refractivity contribution in [2.45, 2.75) is 25.5 Å². The number of aliphatic carboxylic acids is 1. The molecule has 0 aliphatic carbocycles. The van der Waals surface area contributed by atoms with Gasteiger partial charge in [-0.1, -0.05) is 0 Å². The van der Waals surface area contributed by atoms with Gasteiger partial charge in [-0.15, -0.1) is 0 Å². The predicted octanol–water partition coefficient (Wildman–Crippen LogP) is 0.891. The van der Waals surface area contributed by atoms with Gasteiger partial charge < -0.3 is 15.1 Å². The number of carboxylic acid groups (broad SMARTS) is 1. The van der Waals surface area contributed by atoms with E-state index in [1.165, 1.54) is 0 Å². The van der Waals surface area contributed by atoms with Crippen LogP contribution in [0.25, 0.3) is 0 Å². The van der Waals surface area contributed by atoms with E-state index in [4.69, 9.17) is 10.4 Å². The van der Waals surface area contributed by atoms with E-state index in [9.17, 15) is 9.90 Å². The lowest BCUT2D eigenvalue weighted by Crippen LogP contribution is -2.36. The summed E-state index contributed by atoms with van der Waals surface area (Å²) in [6, 6.07) is 6.55. The maximum Gasteiger partial charge on any atom is 0.326 e. The molecule has 0 aromatic heterocycles. The maximum absolute atomic E-state index is 11.1. The summed E-state index contributed by atoms with van der Waals surface area (Å²) in [7, 11) is 0. The molecule has 5 nitrogen and oxygen atoms in total. The second kappa shape index (κ2) is 4.67. The van der Waals surface area contributed by atoms with Gasteiger partial charge in [-0.25, -0.2) is 4.79 Å². The first-order valence-electron chi connectivity index (χ1n) is 5.71. The number of benzene rings is 1. The number of carboxylic acids is 1. The fourth-order valence-electron chi connectivity index (χ4n) is 2.29. The largest absolute Gasteiger partial charge is 0.480 e. The zero-order valence-electron chi connectivity index (χ0n) is 10.00. The number of aliphatic hydroxyl groups is 1. The number of aryl methyl sites for hydroxylation is 1. The van der Waals surface area contributed by atoms with Crippen molar-refractivity contribution in [3.05, 3.63) is 29.3 Å². The van der Waals surface area contributed by atoms with E-state index in [0.29, 0.717) is 12.1 Å². The van der Waals surface area contributed by atoms with Gasteiger partial charge >= 0.3 is 5.97 Å². The van der Waals surface area contributed by atoms with Gasteiger partial charge in [0.1, 0.15) is 6.04 Å². The van der Waals surface area contributed by atoms with Crippen LogP contribution in [0.5, 0.6) is 0 Å².